The van der Waals surface area contributed by atoms with Gasteiger partial charge in [-0.05, 0) is 43.9 Å². The van der Waals surface area contributed by atoms with Gasteiger partial charge in [0.2, 0.25) is 0 Å². The molecule has 1 atom stereocenters. The summed E-state index contributed by atoms with van der Waals surface area (Å²) in [5.74, 6) is 1.28. The summed E-state index contributed by atoms with van der Waals surface area (Å²) in [5, 5.41) is 12.5. The van der Waals surface area contributed by atoms with Crippen molar-refractivity contribution in [1.29, 1.82) is 0 Å². The molecule has 1 aromatic heterocycles. The highest BCUT2D eigenvalue weighted by atomic mass is 16.3. The van der Waals surface area contributed by atoms with E-state index in [1.54, 1.807) is 4.90 Å². The van der Waals surface area contributed by atoms with Crippen LogP contribution in [0.4, 0.5) is 10.5 Å². The van der Waals surface area contributed by atoms with Gasteiger partial charge >= 0.3 is 6.03 Å². The molecule has 0 spiro atoms. The van der Waals surface area contributed by atoms with Crippen LogP contribution in [0.1, 0.15) is 37.5 Å². The summed E-state index contributed by atoms with van der Waals surface area (Å²) in [6, 6.07) is 5.32. The van der Waals surface area contributed by atoms with E-state index < -0.39 is 6.10 Å². The number of aromatic nitrogens is 1. The Bertz CT molecular complexity index is 708. The summed E-state index contributed by atoms with van der Waals surface area (Å²) in [6.45, 7) is 1.07. The Morgan fingerprint density at radius 2 is 2.23 bits per heavy atom. The number of hydrogen-bond acceptors (Lipinski definition) is 4. The van der Waals surface area contributed by atoms with Crippen molar-refractivity contribution in [3.63, 3.8) is 0 Å². The van der Waals surface area contributed by atoms with Crippen LogP contribution < -0.4 is 5.32 Å². The average molecular weight is 301 g/mol. The van der Waals surface area contributed by atoms with E-state index in [-0.39, 0.29) is 6.03 Å². The highest BCUT2D eigenvalue weighted by molar-refractivity contribution is 5.91. The van der Waals surface area contributed by atoms with E-state index in [0.717, 1.165) is 42.7 Å². The SMILES string of the molecule is O=C(Nc1ccc2oc(C3CC3)nc2c1)N1CCCC(O)C1. The van der Waals surface area contributed by atoms with E-state index in [2.05, 4.69) is 10.3 Å². The van der Waals surface area contributed by atoms with Crippen LogP contribution in [-0.4, -0.2) is 40.2 Å². The maximum absolute atomic E-state index is 12.2. The first-order valence-electron chi connectivity index (χ1n) is 7.83. The number of β-amino-alcohol motifs (C(OH)–C–C–N with tert-alkyl or cyclic N) is 1. The first-order chi connectivity index (χ1) is 10.7. The Morgan fingerprint density at radius 1 is 1.36 bits per heavy atom. The summed E-state index contributed by atoms with van der Waals surface area (Å²) in [5.41, 5.74) is 2.24. The third-order valence-electron chi connectivity index (χ3n) is 4.27. The summed E-state index contributed by atoms with van der Waals surface area (Å²) in [6.07, 6.45) is 3.47. The molecule has 1 saturated heterocycles. The minimum absolute atomic E-state index is 0.177. The predicted molar refractivity (Wildman–Crippen MR) is 81.8 cm³/mol. The van der Waals surface area contributed by atoms with Gasteiger partial charge < -0.3 is 19.7 Å². The van der Waals surface area contributed by atoms with Crippen LogP contribution in [0.5, 0.6) is 0 Å². The van der Waals surface area contributed by atoms with Crippen LogP contribution >= 0.6 is 0 Å². The largest absolute Gasteiger partial charge is 0.440 e. The Labute approximate surface area is 128 Å². The van der Waals surface area contributed by atoms with Gasteiger partial charge in [-0.3, -0.25) is 0 Å². The number of likely N-dealkylation sites (tertiary alicyclic amines) is 1. The smallest absolute Gasteiger partial charge is 0.321 e. The normalized spacial score (nSPS) is 22.0. The lowest BCUT2D eigenvalue weighted by Crippen LogP contribution is -2.44. The van der Waals surface area contributed by atoms with Gasteiger partial charge in [0.1, 0.15) is 5.52 Å². The van der Waals surface area contributed by atoms with Crippen LogP contribution in [0, 0.1) is 0 Å². The van der Waals surface area contributed by atoms with Gasteiger partial charge in [0, 0.05) is 24.7 Å². The molecule has 6 nitrogen and oxygen atoms in total. The summed E-state index contributed by atoms with van der Waals surface area (Å²) in [7, 11) is 0. The number of piperidine rings is 1. The van der Waals surface area contributed by atoms with Crippen molar-refractivity contribution in [1.82, 2.24) is 9.88 Å². The number of oxazole rings is 1. The van der Waals surface area contributed by atoms with Crippen LogP contribution in [0.25, 0.3) is 11.1 Å². The zero-order valence-electron chi connectivity index (χ0n) is 12.3. The van der Waals surface area contributed by atoms with Gasteiger partial charge in [-0.25, -0.2) is 9.78 Å². The molecule has 2 amide bonds. The molecule has 22 heavy (non-hydrogen) atoms. The maximum Gasteiger partial charge on any atom is 0.321 e. The van der Waals surface area contributed by atoms with Gasteiger partial charge in [-0.2, -0.15) is 0 Å². The molecule has 2 N–H and O–H groups in total. The highest BCUT2D eigenvalue weighted by Crippen LogP contribution is 2.40. The molecular formula is C16H19N3O3. The van der Waals surface area contributed by atoms with Gasteiger partial charge in [0.05, 0.1) is 6.10 Å². The molecular weight excluding hydrogens is 282 g/mol. The fourth-order valence-corrected chi connectivity index (χ4v) is 2.87. The molecule has 0 radical (unpaired) electrons. The molecule has 116 valence electrons. The van der Waals surface area contributed by atoms with E-state index in [9.17, 15) is 9.90 Å². The zero-order chi connectivity index (χ0) is 15.1. The number of carbonyl (C=O) groups excluding carboxylic acids is 1. The lowest BCUT2D eigenvalue weighted by Gasteiger charge is -2.30. The van der Waals surface area contributed by atoms with Gasteiger partial charge in [-0.1, -0.05) is 0 Å². The summed E-state index contributed by atoms with van der Waals surface area (Å²) >= 11 is 0. The minimum Gasteiger partial charge on any atom is -0.440 e. The molecule has 2 heterocycles. The van der Waals surface area contributed by atoms with E-state index in [1.807, 2.05) is 18.2 Å². The second kappa shape index (κ2) is 5.28. The van der Waals surface area contributed by atoms with Crippen LogP contribution in [-0.2, 0) is 0 Å². The number of benzene rings is 1. The standard InChI is InChI=1S/C16H19N3O3/c20-12-2-1-7-19(9-12)16(21)17-11-5-6-14-13(8-11)18-15(22-14)10-3-4-10/h5-6,8,10,12,20H,1-4,7,9H2,(H,17,21). The molecule has 2 fully saturated rings. The van der Waals surface area contributed by atoms with Crippen molar-refractivity contribution in [2.24, 2.45) is 0 Å². The minimum atomic E-state index is -0.418. The molecule has 1 aromatic carbocycles. The van der Waals surface area contributed by atoms with Gasteiger partial charge in [0.25, 0.3) is 0 Å². The number of nitrogens with zero attached hydrogens (tertiary/aromatic N) is 2. The van der Waals surface area contributed by atoms with Crippen molar-refractivity contribution >= 4 is 22.8 Å². The highest BCUT2D eigenvalue weighted by Gasteiger charge is 2.29. The summed E-state index contributed by atoms with van der Waals surface area (Å²) < 4.78 is 5.72. The molecule has 1 saturated carbocycles. The molecule has 0 bridgehead atoms. The third kappa shape index (κ3) is 2.66. The molecule has 4 rings (SSSR count). The van der Waals surface area contributed by atoms with Crippen molar-refractivity contribution in [3.05, 3.63) is 24.1 Å². The van der Waals surface area contributed by atoms with Crippen molar-refractivity contribution in [2.75, 3.05) is 18.4 Å². The van der Waals surface area contributed by atoms with Crippen molar-refractivity contribution < 1.29 is 14.3 Å². The number of anilines is 1. The van der Waals surface area contributed by atoms with Crippen LogP contribution in [0.15, 0.2) is 22.6 Å². The zero-order valence-corrected chi connectivity index (χ0v) is 12.3. The molecule has 2 aliphatic rings. The maximum atomic E-state index is 12.2. The number of rotatable bonds is 2. The quantitative estimate of drug-likeness (QED) is 0.894. The van der Waals surface area contributed by atoms with E-state index in [0.29, 0.717) is 24.7 Å². The van der Waals surface area contributed by atoms with Crippen molar-refractivity contribution in [2.45, 2.75) is 37.7 Å². The first-order valence-corrected chi connectivity index (χ1v) is 7.83. The first kappa shape index (κ1) is 13.6. The second-order valence-corrected chi connectivity index (χ2v) is 6.18. The molecule has 1 aliphatic carbocycles. The fourth-order valence-electron chi connectivity index (χ4n) is 2.87. The average Bonchev–Trinajstić information content (AvgIpc) is 3.27. The number of carbonyl (C=O) groups is 1. The summed E-state index contributed by atoms with van der Waals surface area (Å²) in [4.78, 5) is 18.4. The Hall–Kier alpha value is -2.08. The number of aliphatic hydroxyl groups is 1. The lowest BCUT2D eigenvalue weighted by molar-refractivity contribution is 0.0883. The Balaban J connectivity index is 1.49. The monoisotopic (exact) mass is 301 g/mol. The molecule has 1 aliphatic heterocycles. The van der Waals surface area contributed by atoms with Crippen LogP contribution in [0.3, 0.4) is 0 Å². The second-order valence-electron chi connectivity index (χ2n) is 6.18. The Morgan fingerprint density at radius 3 is 3.00 bits per heavy atom. The number of amides is 2. The van der Waals surface area contributed by atoms with E-state index in [4.69, 9.17) is 4.42 Å². The number of fused-ring (bicyclic) bond motifs is 1. The van der Waals surface area contributed by atoms with Gasteiger partial charge in [0.15, 0.2) is 11.5 Å². The number of nitrogens with one attached hydrogen (secondary N) is 1. The Kier molecular flexibility index (Phi) is 3.26. The van der Waals surface area contributed by atoms with E-state index in [1.165, 1.54) is 0 Å². The molecule has 6 heteroatoms. The molecule has 1 unspecified atom stereocenters. The van der Waals surface area contributed by atoms with E-state index >= 15 is 0 Å². The number of hydrogen-bond donors (Lipinski definition) is 2. The lowest BCUT2D eigenvalue weighted by atomic mass is 10.1. The molecule has 2 aromatic rings. The predicted octanol–water partition coefficient (Wildman–Crippen LogP) is 2.69. The van der Waals surface area contributed by atoms with Crippen molar-refractivity contribution in [3.8, 4) is 0 Å². The topological polar surface area (TPSA) is 78.6 Å². The fraction of sp³-hybridized carbons (Fsp3) is 0.500. The number of urea groups is 1. The van der Waals surface area contributed by atoms with Gasteiger partial charge in [-0.15, -0.1) is 0 Å². The third-order valence-corrected chi connectivity index (χ3v) is 4.27. The van der Waals surface area contributed by atoms with Crippen LogP contribution in [0.2, 0.25) is 0 Å². The number of aliphatic hydroxyl groups excluding tert-OH is 1.